The summed E-state index contributed by atoms with van der Waals surface area (Å²) in [6, 6.07) is 6.80. The molecule has 1 amide bonds. The number of nitrogens with zero attached hydrogens (tertiary/aromatic N) is 3. The van der Waals surface area contributed by atoms with Crippen molar-refractivity contribution in [3.63, 3.8) is 0 Å². The van der Waals surface area contributed by atoms with Crippen LogP contribution in [-0.2, 0) is 4.74 Å². The molecule has 0 fully saturated rings. The summed E-state index contributed by atoms with van der Waals surface area (Å²) in [6.07, 6.45) is -0.661. The van der Waals surface area contributed by atoms with E-state index in [1.807, 2.05) is 19.1 Å². The number of carbonyl (C=O) groups excluding carboxylic acids is 1. The molecule has 3 N–H and O–H groups in total. The van der Waals surface area contributed by atoms with Gasteiger partial charge in [-0.25, -0.2) is 9.78 Å². The van der Waals surface area contributed by atoms with Crippen molar-refractivity contribution in [2.24, 2.45) is 0 Å². The van der Waals surface area contributed by atoms with E-state index in [1.54, 1.807) is 32.9 Å². The third-order valence-corrected chi connectivity index (χ3v) is 6.26. The van der Waals surface area contributed by atoms with Crippen LogP contribution in [0.4, 0.5) is 10.6 Å². The summed E-state index contributed by atoms with van der Waals surface area (Å²) >= 11 is 14.3. The Labute approximate surface area is 230 Å². The Morgan fingerprint density at radius 2 is 1.68 bits per heavy atom. The summed E-state index contributed by atoms with van der Waals surface area (Å²) in [5, 5.41) is 26.0. The van der Waals surface area contributed by atoms with E-state index in [0.29, 0.717) is 10.6 Å². The largest absolute Gasteiger partial charge is 0.488 e. The SMILES string of the molecule is Cc1cc(-c2nnc(-c3cc(Cl)c(OC[C@@H](CO)NC(=O)OC(C)(C)C)c(Cl)c3)s2)cc(NC(C)C)n1. The van der Waals surface area contributed by atoms with Crippen molar-refractivity contribution in [1.82, 2.24) is 20.5 Å². The van der Waals surface area contributed by atoms with Crippen LogP contribution in [0.1, 0.15) is 40.3 Å². The molecule has 0 aliphatic rings. The molecule has 12 heteroatoms. The van der Waals surface area contributed by atoms with Crippen LogP contribution in [-0.4, -0.2) is 57.3 Å². The van der Waals surface area contributed by atoms with Gasteiger partial charge in [0.2, 0.25) is 0 Å². The van der Waals surface area contributed by atoms with E-state index in [1.165, 1.54) is 11.3 Å². The fourth-order valence-corrected chi connectivity index (χ4v) is 4.65. The van der Waals surface area contributed by atoms with E-state index in [0.717, 1.165) is 22.1 Å². The van der Waals surface area contributed by atoms with Crippen molar-refractivity contribution < 1.29 is 19.4 Å². The summed E-state index contributed by atoms with van der Waals surface area (Å²) in [7, 11) is 0. The van der Waals surface area contributed by atoms with Gasteiger partial charge < -0.3 is 25.2 Å². The number of ether oxygens (including phenoxy) is 2. The Bertz CT molecular complexity index is 1220. The van der Waals surface area contributed by atoms with Crippen LogP contribution in [0, 0.1) is 6.92 Å². The average Bonchev–Trinajstić information content (AvgIpc) is 3.26. The van der Waals surface area contributed by atoms with Gasteiger partial charge in [-0.1, -0.05) is 34.5 Å². The monoisotopic (exact) mass is 567 g/mol. The zero-order valence-electron chi connectivity index (χ0n) is 21.6. The molecule has 0 bridgehead atoms. The molecule has 1 aromatic carbocycles. The molecule has 0 unspecified atom stereocenters. The quantitative estimate of drug-likeness (QED) is 0.289. The fraction of sp³-hybridized carbons (Fsp3) is 0.440. The molecule has 0 saturated carbocycles. The van der Waals surface area contributed by atoms with Crippen molar-refractivity contribution in [1.29, 1.82) is 0 Å². The highest BCUT2D eigenvalue weighted by atomic mass is 35.5. The first kappa shape index (κ1) is 28.9. The van der Waals surface area contributed by atoms with E-state index in [4.69, 9.17) is 32.7 Å². The number of hydrogen-bond donors (Lipinski definition) is 3. The summed E-state index contributed by atoms with van der Waals surface area (Å²) in [5.41, 5.74) is 1.79. The Morgan fingerprint density at radius 1 is 1.08 bits per heavy atom. The molecule has 0 aliphatic heterocycles. The van der Waals surface area contributed by atoms with Crippen LogP contribution in [0.5, 0.6) is 5.75 Å². The number of anilines is 1. The minimum Gasteiger partial charge on any atom is -0.488 e. The molecule has 2 heterocycles. The number of halogens is 2. The van der Waals surface area contributed by atoms with Gasteiger partial charge in [-0.2, -0.15) is 0 Å². The van der Waals surface area contributed by atoms with Crippen LogP contribution in [0.2, 0.25) is 10.0 Å². The number of pyridine rings is 1. The lowest BCUT2D eigenvalue weighted by molar-refractivity contribution is 0.0458. The lowest BCUT2D eigenvalue weighted by Crippen LogP contribution is -2.44. The second-order valence-corrected chi connectivity index (χ2v) is 11.5. The van der Waals surface area contributed by atoms with Crippen molar-refractivity contribution in [2.45, 2.75) is 59.2 Å². The number of amides is 1. The number of aromatic nitrogens is 3. The zero-order chi connectivity index (χ0) is 27.3. The maximum absolute atomic E-state index is 12.0. The highest BCUT2D eigenvalue weighted by Crippen LogP contribution is 2.39. The zero-order valence-corrected chi connectivity index (χ0v) is 23.9. The predicted octanol–water partition coefficient (Wildman–Crippen LogP) is 5.97. The van der Waals surface area contributed by atoms with Crippen molar-refractivity contribution in [2.75, 3.05) is 18.5 Å². The van der Waals surface area contributed by atoms with E-state index in [9.17, 15) is 9.90 Å². The number of benzene rings is 1. The molecule has 2 aromatic heterocycles. The van der Waals surface area contributed by atoms with Crippen LogP contribution in [0.25, 0.3) is 21.1 Å². The number of rotatable bonds is 9. The molecule has 0 saturated heterocycles. The van der Waals surface area contributed by atoms with Gasteiger partial charge >= 0.3 is 6.09 Å². The molecule has 0 radical (unpaired) electrons. The number of hydrogen-bond acceptors (Lipinski definition) is 9. The molecule has 1 atom stereocenters. The molecule has 200 valence electrons. The predicted molar refractivity (Wildman–Crippen MR) is 148 cm³/mol. The molecular formula is C25H31Cl2N5O4S. The maximum Gasteiger partial charge on any atom is 0.408 e. The third kappa shape index (κ3) is 8.43. The fourth-order valence-electron chi connectivity index (χ4n) is 3.24. The van der Waals surface area contributed by atoms with E-state index >= 15 is 0 Å². The lowest BCUT2D eigenvalue weighted by Gasteiger charge is -2.23. The van der Waals surface area contributed by atoms with E-state index in [-0.39, 0.29) is 35.1 Å². The van der Waals surface area contributed by atoms with Gasteiger partial charge in [-0.05, 0) is 65.8 Å². The second kappa shape index (κ2) is 12.3. The smallest absolute Gasteiger partial charge is 0.408 e. The highest BCUT2D eigenvalue weighted by Gasteiger charge is 2.21. The molecule has 9 nitrogen and oxygen atoms in total. The van der Waals surface area contributed by atoms with Gasteiger partial charge in [0.25, 0.3) is 0 Å². The second-order valence-electron chi connectivity index (χ2n) is 9.70. The maximum atomic E-state index is 12.0. The van der Waals surface area contributed by atoms with Gasteiger partial charge in [-0.15, -0.1) is 10.2 Å². The van der Waals surface area contributed by atoms with Gasteiger partial charge in [-0.3, -0.25) is 0 Å². The number of alkyl carbamates (subject to hydrolysis) is 1. The third-order valence-electron chi connectivity index (χ3n) is 4.68. The summed E-state index contributed by atoms with van der Waals surface area (Å²) in [6.45, 7) is 10.9. The molecule has 0 aliphatic carbocycles. The number of aryl methyl sites for hydroxylation is 1. The number of carbonyl (C=O) groups is 1. The topological polar surface area (TPSA) is 118 Å². The first-order valence-electron chi connectivity index (χ1n) is 11.7. The number of nitrogens with one attached hydrogen (secondary N) is 2. The number of aliphatic hydroxyl groups excluding tert-OH is 1. The first-order valence-corrected chi connectivity index (χ1v) is 13.2. The van der Waals surface area contributed by atoms with Gasteiger partial charge in [0, 0.05) is 22.9 Å². The standard InChI is InChI=1S/C25H31Cl2N5O4S/c1-13(2)28-20-10-15(7-14(3)29-20)22-31-32-23(37-22)16-8-18(26)21(19(27)9-16)35-12-17(11-33)30-24(34)36-25(4,5)6/h7-10,13,17,33H,11-12H2,1-6H3,(H,28,29)(H,30,34)/t17-/m1/s1. The van der Waals surface area contributed by atoms with Crippen molar-refractivity contribution in [3.05, 3.63) is 40.0 Å². The Balaban J connectivity index is 1.74. The van der Waals surface area contributed by atoms with Gasteiger partial charge in [0.15, 0.2) is 5.75 Å². The molecule has 3 aromatic rings. The lowest BCUT2D eigenvalue weighted by atomic mass is 10.2. The highest BCUT2D eigenvalue weighted by molar-refractivity contribution is 7.17. The summed E-state index contributed by atoms with van der Waals surface area (Å²) < 4.78 is 10.9. The van der Waals surface area contributed by atoms with Crippen LogP contribution in [0.3, 0.4) is 0 Å². The van der Waals surface area contributed by atoms with E-state index < -0.39 is 17.7 Å². The van der Waals surface area contributed by atoms with Crippen molar-refractivity contribution >= 4 is 46.4 Å². The van der Waals surface area contributed by atoms with Gasteiger partial charge in [0.05, 0.1) is 22.7 Å². The number of aliphatic hydroxyl groups is 1. The van der Waals surface area contributed by atoms with Crippen LogP contribution < -0.4 is 15.4 Å². The Kier molecular flexibility index (Phi) is 9.57. The minimum absolute atomic E-state index is 0.0639. The van der Waals surface area contributed by atoms with Crippen LogP contribution >= 0.6 is 34.5 Å². The molecule has 0 spiro atoms. The Hall–Kier alpha value is -2.66. The normalized spacial score (nSPS) is 12.4. The van der Waals surface area contributed by atoms with E-state index in [2.05, 4.69) is 39.7 Å². The summed E-state index contributed by atoms with van der Waals surface area (Å²) in [4.78, 5) is 16.5. The first-order chi connectivity index (χ1) is 17.3. The minimum atomic E-state index is -0.716. The van der Waals surface area contributed by atoms with Crippen molar-refractivity contribution in [3.8, 4) is 26.9 Å². The molecular weight excluding hydrogens is 537 g/mol. The van der Waals surface area contributed by atoms with Gasteiger partial charge in [0.1, 0.15) is 28.0 Å². The van der Waals surface area contributed by atoms with Crippen LogP contribution in [0.15, 0.2) is 24.3 Å². The average molecular weight is 569 g/mol. The Morgan fingerprint density at radius 3 is 2.22 bits per heavy atom. The molecule has 37 heavy (non-hydrogen) atoms. The summed E-state index contributed by atoms with van der Waals surface area (Å²) in [5.74, 6) is 1.01. The molecule has 3 rings (SSSR count).